The van der Waals surface area contributed by atoms with E-state index in [0.29, 0.717) is 13.2 Å². The quantitative estimate of drug-likeness (QED) is 0.887. The predicted molar refractivity (Wildman–Crippen MR) is 88.7 cm³/mol. The lowest BCUT2D eigenvalue weighted by atomic mass is 10.1. The molecule has 0 aliphatic carbocycles. The Morgan fingerprint density at radius 3 is 2.26 bits per heavy atom. The Hall–Kier alpha value is -2.53. The van der Waals surface area contributed by atoms with E-state index in [1.165, 1.54) is 0 Å². The van der Waals surface area contributed by atoms with E-state index in [0.717, 1.165) is 28.5 Å². The van der Waals surface area contributed by atoms with Gasteiger partial charge in [-0.05, 0) is 26.0 Å². The van der Waals surface area contributed by atoms with Crippen molar-refractivity contribution in [3.8, 4) is 11.5 Å². The fraction of sp³-hybridized carbons (Fsp3) is 0.278. The van der Waals surface area contributed by atoms with Crippen molar-refractivity contribution >= 4 is 5.84 Å². The number of hydroxylamine groups is 1. The summed E-state index contributed by atoms with van der Waals surface area (Å²) in [6, 6.07) is 15.6. The Morgan fingerprint density at radius 1 is 1.00 bits per heavy atom. The van der Waals surface area contributed by atoms with Gasteiger partial charge < -0.3 is 9.47 Å². The van der Waals surface area contributed by atoms with E-state index in [2.05, 4.69) is 10.5 Å². The Kier molecular flexibility index (Phi) is 4.78. The number of ether oxygens (including phenoxy) is 2. The first-order valence-corrected chi connectivity index (χ1v) is 7.75. The summed E-state index contributed by atoms with van der Waals surface area (Å²) in [5.41, 5.74) is 4.77. The number of rotatable bonds is 6. The van der Waals surface area contributed by atoms with Gasteiger partial charge in [-0.15, -0.1) is 0 Å². The van der Waals surface area contributed by atoms with Crippen LogP contribution in [-0.2, 0) is 4.84 Å². The van der Waals surface area contributed by atoms with E-state index >= 15 is 0 Å². The molecule has 0 radical (unpaired) electrons. The van der Waals surface area contributed by atoms with E-state index < -0.39 is 6.23 Å². The normalized spacial score (nSPS) is 16.6. The average Bonchev–Trinajstić information content (AvgIpc) is 3.06. The largest absolute Gasteiger partial charge is 0.494 e. The second kappa shape index (κ2) is 7.15. The molecule has 5 nitrogen and oxygen atoms in total. The van der Waals surface area contributed by atoms with Gasteiger partial charge in [-0.25, -0.2) is 15.3 Å². The molecule has 0 amide bonds. The van der Waals surface area contributed by atoms with Gasteiger partial charge in [0.05, 0.1) is 13.2 Å². The summed E-state index contributed by atoms with van der Waals surface area (Å²) in [6.45, 7) is 5.09. The van der Waals surface area contributed by atoms with Gasteiger partial charge in [0.1, 0.15) is 11.5 Å². The van der Waals surface area contributed by atoms with Crippen molar-refractivity contribution in [2.75, 3.05) is 13.2 Å². The van der Waals surface area contributed by atoms with Crippen LogP contribution in [0.5, 0.6) is 11.5 Å². The lowest BCUT2D eigenvalue weighted by molar-refractivity contribution is 0.0374. The minimum Gasteiger partial charge on any atom is -0.494 e. The summed E-state index contributed by atoms with van der Waals surface area (Å²) >= 11 is 0. The van der Waals surface area contributed by atoms with Gasteiger partial charge in [0, 0.05) is 17.2 Å². The van der Waals surface area contributed by atoms with Gasteiger partial charge in [0.25, 0.3) is 0 Å². The molecule has 0 saturated carbocycles. The maximum Gasteiger partial charge on any atom is 0.203 e. The summed E-state index contributed by atoms with van der Waals surface area (Å²) in [5, 5.41) is 0. The lowest BCUT2D eigenvalue weighted by Crippen LogP contribution is -2.17. The number of benzene rings is 2. The van der Waals surface area contributed by atoms with Crippen molar-refractivity contribution in [2.45, 2.75) is 20.1 Å². The Labute approximate surface area is 135 Å². The van der Waals surface area contributed by atoms with Crippen LogP contribution in [0.15, 0.2) is 53.5 Å². The van der Waals surface area contributed by atoms with Gasteiger partial charge in [-0.1, -0.05) is 30.3 Å². The van der Waals surface area contributed by atoms with E-state index in [1.54, 1.807) is 0 Å². The van der Waals surface area contributed by atoms with E-state index in [9.17, 15) is 0 Å². The maximum absolute atomic E-state index is 5.61. The molecule has 1 N–H and O–H groups in total. The standard InChI is InChI=1S/C18H20N2O3/c1-3-21-15-10-14(11-16(12-15)22-4-2)18-19-17(20-23-18)13-8-6-5-7-9-13/h5-12,18H,3-4H2,1-2H3,(H,19,20). The molecule has 1 unspecified atom stereocenters. The SMILES string of the molecule is CCOc1cc(OCC)cc(C2N=C(c3ccccc3)NO2)c1. The zero-order valence-electron chi connectivity index (χ0n) is 13.3. The molecule has 1 heterocycles. The van der Waals surface area contributed by atoms with Crippen LogP contribution in [0.2, 0.25) is 0 Å². The van der Waals surface area contributed by atoms with Crippen LogP contribution in [0.25, 0.3) is 0 Å². The van der Waals surface area contributed by atoms with E-state index in [-0.39, 0.29) is 0 Å². The third kappa shape index (κ3) is 3.63. The molecular formula is C18H20N2O3. The zero-order chi connectivity index (χ0) is 16.1. The molecular weight excluding hydrogens is 292 g/mol. The molecule has 5 heteroatoms. The van der Waals surface area contributed by atoms with Gasteiger partial charge in [-0.3, -0.25) is 0 Å². The maximum atomic E-state index is 5.61. The summed E-state index contributed by atoms with van der Waals surface area (Å²) in [6.07, 6.45) is -0.426. The molecule has 1 atom stereocenters. The van der Waals surface area contributed by atoms with Crippen molar-refractivity contribution < 1.29 is 14.3 Å². The highest BCUT2D eigenvalue weighted by atomic mass is 16.7. The molecule has 0 saturated heterocycles. The summed E-state index contributed by atoms with van der Waals surface area (Å²) in [4.78, 5) is 10.2. The molecule has 1 aliphatic heterocycles. The highest BCUT2D eigenvalue weighted by Gasteiger charge is 2.22. The van der Waals surface area contributed by atoms with Crippen LogP contribution in [0, 0.1) is 0 Å². The van der Waals surface area contributed by atoms with Crippen LogP contribution in [0.4, 0.5) is 0 Å². The summed E-state index contributed by atoms with van der Waals surface area (Å²) in [7, 11) is 0. The third-order valence-corrected chi connectivity index (χ3v) is 3.37. The molecule has 0 fully saturated rings. The molecule has 2 aromatic rings. The van der Waals surface area contributed by atoms with E-state index in [4.69, 9.17) is 14.3 Å². The summed E-state index contributed by atoms with van der Waals surface area (Å²) < 4.78 is 11.2. The van der Waals surface area contributed by atoms with Crippen molar-refractivity contribution in [3.63, 3.8) is 0 Å². The first-order chi connectivity index (χ1) is 11.3. The molecule has 0 bridgehead atoms. The van der Waals surface area contributed by atoms with Crippen LogP contribution in [0.3, 0.4) is 0 Å². The second-order valence-corrected chi connectivity index (χ2v) is 5.02. The summed E-state index contributed by atoms with van der Waals surface area (Å²) in [5.74, 6) is 2.22. The van der Waals surface area contributed by atoms with Crippen LogP contribution >= 0.6 is 0 Å². The highest BCUT2D eigenvalue weighted by Crippen LogP contribution is 2.31. The van der Waals surface area contributed by atoms with Crippen LogP contribution in [-0.4, -0.2) is 19.0 Å². The molecule has 0 spiro atoms. The lowest BCUT2D eigenvalue weighted by Gasteiger charge is -2.12. The second-order valence-electron chi connectivity index (χ2n) is 5.02. The van der Waals surface area contributed by atoms with Crippen molar-refractivity contribution in [1.29, 1.82) is 0 Å². The van der Waals surface area contributed by atoms with Gasteiger partial charge >= 0.3 is 0 Å². The molecule has 3 rings (SSSR count). The van der Waals surface area contributed by atoms with Crippen LogP contribution < -0.4 is 15.0 Å². The van der Waals surface area contributed by atoms with E-state index in [1.807, 2.05) is 62.4 Å². The third-order valence-electron chi connectivity index (χ3n) is 3.37. The van der Waals surface area contributed by atoms with Crippen LogP contribution in [0.1, 0.15) is 31.2 Å². The Morgan fingerprint density at radius 2 is 1.65 bits per heavy atom. The predicted octanol–water partition coefficient (Wildman–Crippen LogP) is 3.46. The molecule has 1 aliphatic rings. The van der Waals surface area contributed by atoms with Gasteiger partial charge in [0.15, 0.2) is 5.84 Å². The number of nitrogens with zero attached hydrogens (tertiary/aromatic N) is 1. The number of amidine groups is 1. The topological polar surface area (TPSA) is 52.1 Å². The fourth-order valence-electron chi connectivity index (χ4n) is 2.39. The Bertz CT molecular complexity index is 662. The Balaban J connectivity index is 1.88. The molecule has 2 aromatic carbocycles. The van der Waals surface area contributed by atoms with Crippen molar-refractivity contribution in [3.05, 3.63) is 59.7 Å². The van der Waals surface area contributed by atoms with Gasteiger partial charge in [0.2, 0.25) is 6.23 Å². The minimum atomic E-state index is -0.426. The van der Waals surface area contributed by atoms with Crippen molar-refractivity contribution in [1.82, 2.24) is 5.48 Å². The average molecular weight is 312 g/mol. The number of nitrogens with one attached hydrogen (secondary N) is 1. The number of hydrogen-bond acceptors (Lipinski definition) is 5. The van der Waals surface area contributed by atoms with Crippen molar-refractivity contribution in [2.24, 2.45) is 4.99 Å². The first kappa shape index (κ1) is 15.4. The molecule has 0 aromatic heterocycles. The highest BCUT2D eigenvalue weighted by molar-refractivity contribution is 5.98. The number of hydrogen-bond donors (Lipinski definition) is 1. The zero-order valence-corrected chi connectivity index (χ0v) is 13.3. The first-order valence-electron chi connectivity index (χ1n) is 7.75. The molecule has 23 heavy (non-hydrogen) atoms. The van der Waals surface area contributed by atoms with Gasteiger partial charge in [-0.2, -0.15) is 0 Å². The minimum absolute atomic E-state index is 0.426. The monoisotopic (exact) mass is 312 g/mol. The smallest absolute Gasteiger partial charge is 0.203 e. The fourth-order valence-corrected chi connectivity index (χ4v) is 2.39. The molecule has 120 valence electrons. The number of aliphatic imine (C=N–C) groups is 1.